The van der Waals surface area contributed by atoms with Crippen molar-refractivity contribution in [2.75, 3.05) is 0 Å². The van der Waals surface area contributed by atoms with Crippen LogP contribution in [0.1, 0.15) is 5.71 Å². The molecule has 30 valence electrons. The second kappa shape index (κ2) is 30.6. The Kier molecular flexibility index (Phi) is 207. The maximum absolute atomic E-state index is 0. The summed E-state index contributed by atoms with van der Waals surface area (Å²) in [5, 5.41) is 0. The van der Waals surface area contributed by atoms with Gasteiger partial charge in [-0.1, -0.05) is 0 Å². The molecule has 0 aromatic heterocycles. The summed E-state index contributed by atoms with van der Waals surface area (Å²) in [6.45, 7) is 0. The number of hydrogen-bond acceptors (Lipinski definition) is 0. The fourth-order valence-electron chi connectivity index (χ4n) is 0. The van der Waals surface area contributed by atoms with E-state index in [9.17, 15) is 0 Å². The van der Waals surface area contributed by atoms with E-state index in [0.29, 0.717) is 0 Å². The Morgan fingerprint density at radius 2 is 1.17 bits per heavy atom. The monoisotopic (exact) mass is 586 g/mol. The average molecular weight is 588 g/mol. The maximum Gasteiger partial charge on any atom is 2.00 e. The minimum absolute atomic E-state index is 0. The zero-order valence-corrected chi connectivity index (χ0v) is 24.4. The van der Waals surface area contributed by atoms with E-state index in [-0.39, 0.29) is 188 Å². The molecule has 0 aliphatic rings. The van der Waals surface area contributed by atoms with Crippen LogP contribution in [-0.2, 0) is 45.7 Å². The van der Waals surface area contributed by atoms with Crippen LogP contribution in [0.25, 0.3) is 0 Å². The molecule has 0 N–H and O–H groups in total. The van der Waals surface area contributed by atoms with Crippen molar-refractivity contribution >= 4 is 137 Å². The summed E-state index contributed by atoms with van der Waals surface area (Å²) in [5.74, 6) is 0. The van der Waals surface area contributed by atoms with Gasteiger partial charge >= 0.3 is 137 Å². The molecule has 0 saturated carbocycles. The van der Waals surface area contributed by atoms with Gasteiger partial charge in [-0.15, -0.1) is 0 Å². The van der Waals surface area contributed by atoms with E-state index < -0.39 is 0 Å². The summed E-state index contributed by atoms with van der Waals surface area (Å²) < 4.78 is 0. The molecule has 1 atom stereocenters. The van der Waals surface area contributed by atoms with Crippen molar-refractivity contribution in [3.63, 3.8) is 0 Å². The second-order valence-electron chi connectivity index (χ2n) is 0. The van der Waals surface area contributed by atoms with Gasteiger partial charge in [-0.2, -0.15) is 0 Å². The zero-order chi connectivity index (χ0) is 0. The molecule has 0 bridgehead atoms. The Balaban J connectivity index is 0. The van der Waals surface area contributed by atoms with E-state index in [0.717, 1.165) is 0 Å². The smallest absolute Gasteiger partial charge is 0 e. The fourth-order valence-corrected chi connectivity index (χ4v) is 0. The van der Waals surface area contributed by atoms with Crippen molar-refractivity contribution in [2.45, 2.75) is 0 Å². The molecule has 0 spiro atoms. The van der Waals surface area contributed by atoms with Crippen molar-refractivity contribution in [1.82, 2.24) is 0 Å². The van der Waals surface area contributed by atoms with Gasteiger partial charge in [0.05, 0.1) is 0 Å². The Hall–Kier alpha value is 5.94. The van der Waals surface area contributed by atoms with Crippen LogP contribution < -0.4 is 0 Å². The van der Waals surface area contributed by atoms with Gasteiger partial charge in [-0.25, -0.2) is 0 Å². The Labute approximate surface area is 182 Å². The van der Waals surface area contributed by atoms with E-state index in [1.807, 2.05) is 0 Å². The molecule has 0 heterocycles. The predicted octanol–water partition coefficient (Wildman–Crippen LogP) is -2.68. The minimum Gasteiger partial charge on any atom is 0 e. The molecule has 0 saturated heterocycles. The first-order valence-corrected chi connectivity index (χ1v) is 0. The molecule has 0 aromatic carbocycles. The van der Waals surface area contributed by atoms with Crippen LogP contribution in [0, 0.1) is 0 Å². The molecule has 0 aliphatic carbocycles. The van der Waals surface area contributed by atoms with Crippen LogP contribution in [0.5, 0.6) is 0 Å². The van der Waals surface area contributed by atoms with Gasteiger partial charge in [0, 0.05) is 45.7 Å². The van der Waals surface area contributed by atoms with Crippen LogP contribution in [0.15, 0.2) is 0 Å². The van der Waals surface area contributed by atoms with Crippen molar-refractivity contribution in [3.05, 3.63) is 0 Å². The van der Waals surface area contributed by atoms with Crippen LogP contribution in [0.2, 0.25) is 0 Å². The quantitative estimate of drug-likeness (QED) is 0.271. The summed E-state index contributed by atoms with van der Waals surface area (Å²) in [6, 6.07) is 0. The second-order valence-corrected chi connectivity index (χ2v) is 0. The molecule has 0 aromatic rings. The minimum atomic E-state index is 0. The summed E-state index contributed by atoms with van der Waals surface area (Å²) in [4.78, 5) is 0. The Bertz CT molecular complexity index is 25.2. The van der Waals surface area contributed by atoms with Crippen molar-refractivity contribution < 1.29 is 51.4 Å². The first-order valence-electron chi connectivity index (χ1n) is 0. The van der Waals surface area contributed by atoms with Crippen LogP contribution >= 0.6 is 0 Å². The van der Waals surface area contributed by atoms with Crippen molar-refractivity contribution in [2.24, 2.45) is 0 Å². The molecule has 0 fully saturated rings. The Morgan fingerprint density at radius 1 is 1.17 bits per heavy atom. The average Bonchev–Trinajstić information content (AvgIpc) is 0. The molecule has 0 radical (unpaired) electrons. The van der Waals surface area contributed by atoms with Crippen LogP contribution in [-0.4, -0.2) is 137 Å². The van der Waals surface area contributed by atoms with E-state index in [1.54, 1.807) is 0 Å². The third-order valence-electron chi connectivity index (χ3n) is 0. The van der Waals surface area contributed by atoms with E-state index in [1.165, 1.54) is 0 Å². The third kappa shape index (κ3) is 22.5. The van der Waals surface area contributed by atoms with Gasteiger partial charge in [0.25, 0.3) is 0 Å². The van der Waals surface area contributed by atoms with E-state index in [4.69, 9.17) is 0 Å². The molecule has 0 aliphatic heterocycles. The first kappa shape index (κ1) is 40.5. The molecule has 6 heavy (non-hydrogen) atoms. The maximum atomic E-state index is 0. The van der Waals surface area contributed by atoms with Gasteiger partial charge in [-0.3, -0.25) is 0 Å². The summed E-state index contributed by atoms with van der Waals surface area (Å²) in [6.07, 6.45) is 0. The topological polar surface area (TPSA) is 0 Å². The Morgan fingerprint density at radius 3 is 1.17 bits per heavy atom. The molecule has 6 heteroatoms. The van der Waals surface area contributed by atoms with E-state index >= 15 is 0 Å². The summed E-state index contributed by atoms with van der Waals surface area (Å²) >= 11 is 0. The van der Waals surface area contributed by atoms with Gasteiger partial charge in [-0.05, 0) is 0 Å². The molecular weight excluding hydrogens is 578 g/mol. The third-order valence-corrected chi connectivity index (χ3v) is 0. The van der Waals surface area contributed by atoms with Crippen molar-refractivity contribution in [3.8, 4) is 0 Å². The first-order chi connectivity index (χ1) is 0. The van der Waals surface area contributed by atoms with E-state index in [2.05, 4.69) is 0 Å². The zero-order valence-electron chi connectivity index (χ0n) is 8.04. The normalized spacial score (nSPS) is 0. The van der Waals surface area contributed by atoms with Gasteiger partial charge in [0.1, 0.15) is 0 Å². The van der Waals surface area contributed by atoms with Gasteiger partial charge in [0.15, 0.2) is 0 Å². The largest absolute Gasteiger partial charge is 2.00 e. The molecular formula is H10AsBaSbSrZnZr. The van der Waals surface area contributed by atoms with Gasteiger partial charge < -0.3 is 5.71 Å². The summed E-state index contributed by atoms with van der Waals surface area (Å²) in [5.41, 5.74) is 0. The van der Waals surface area contributed by atoms with Crippen LogP contribution in [0.4, 0.5) is 0 Å². The van der Waals surface area contributed by atoms with Crippen LogP contribution in [0.3, 0.4) is 0 Å². The molecule has 0 rings (SSSR count). The standard InChI is InChI=1S/AsH3.Ba.Sb.Sr.Zn.Zr.7H/h1H3;;;;;;;;;;;;/q;+2;;+2;;;;;;4*-1. The number of rotatable bonds is 0. The fraction of sp³-hybridized carbons (Fsp3) is 0. The predicted molar refractivity (Wildman–Crippen MR) is 35.8 cm³/mol. The molecule has 0 nitrogen and oxygen atoms in total. The summed E-state index contributed by atoms with van der Waals surface area (Å²) in [7, 11) is 0. The molecule has 1 unspecified atom stereocenters. The van der Waals surface area contributed by atoms with Gasteiger partial charge in [0.2, 0.25) is 0 Å². The SMILES string of the molecule is [AsH3].[Ba+2].[H-].[H-].[H-].[H-].[SbH3].[Sr+2].[Zn].[Zr]. The van der Waals surface area contributed by atoms with Crippen molar-refractivity contribution in [1.29, 1.82) is 0 Å². The molecule has 0 amide bonds. The number of hydrogen-bond donors (Lipinski definition) is 0.